The highest BCUT2D eigenvalue weighted by molar-refractivity contribution is 5.94. The molecule has 1 amide bonds. The van der Waals surface area contributed by atoms with E-state index in [1.54, 1.807) is 9.47 Å². The molecular weight excluding hydrogens is 262 g/mol. The summed E-state index contributed by atoms with van der Waals surface area (Å²) in [6.45, 7) is 4.25. The molecule has 1 fully saturated rings. The first-order chi connectivity index (χ1) is 9.45. The third-order valence-corrected chi connectivity index (χ3v) is 3.67. The van der Waals surface area contributed by atoms with E-state index < -0.39 is 4.92 Å². The molecule has 0 bridgehead atoms. The molecule has 1 saturated heterocycles. The van der Waals surface area contributed by atoms with E-state index in [1.165, 1.54) is 12.3 Å². The van der Waals surface area contributed by atoms with Crippen molar-refractivity contribution in [3.05, 3.63) is 28.1 Å². The van der Waals surface area contributed by atoms with Gasteiger partial charge < -0.3 is 14.6 Å². The Morgan fingerprint density at radius 2 is 2.30 bits per heavy atom. The topological polar surface area (TPSA) is 88.6 Å². The van der Waals surface area contributed by atoms with E-state index in [-0.39, 0.29) is 30.3 Å². The van der Waals surface area contributed by atoms with Gasteiger partial charge in [-0.15, -0.1) is 0 Å². The number of nitro groups is 1. The highest BCUT2D eigenvalue weighted by atomic mass is 16.6. The lowest BCUT2D eigenvalue weighted by Crippen LogP contribution is -2.38. The van der Waals surface area contributed by atoms with Crippen LogP contribution < -0.4 is 0 Å². The van der Waals surface area contributed by atoms with Gasteiger partial charge in [-0.1, -0.05) is 0 Å². The number of aromatic nitrogens is 1. The standard InChI is InChI=1S/C13H19N3O4/c1-9(2)15-7-11(16(19)20)6-12(15)13(18)14-5-3-4-10(14)8-17/h6-7,9-10,17H,3-5,8H2,1-2H3. The summed E-state index contributed by atoms with van der Waals surface area (Å²) in [5.41, 5.74) is 0.230. The van der Waals surface area contributed by atoms with Crippen molar-refractivity contribution in [3.63, 3.8) is 0 Å². The molecule has 110 valence electrons. The molecule has 1 unspecified atom stereocenters. The van der Waals surface area contributed by atoms with Gasteiger partial charge in [0.2, 0.25) is 0 Å². The maximum absolute atomic E-state index is 12.5. The quantitative estimate of drug-likeness (QED) is 0.670. The molecular formula is C13H19N3O4. The predicted octanol–water partition coefficient (Wildman–Crippen LogP) is 1.57. The Hall–Kier alpha value is -1.89. The van der Waals surface area contributed by atoms with Crippen molar-refractivity contribution >= 4 is 11.6 Å². The summed E-state index contributed by atoms with van der Waals surface area (Å²) in [6, 6.07) is 1.09. The number of likely N-dealkylation sites (tertiary alicyclic amines) is 1. The lowest BCUT2D eigenvalue weighted by Gasteiger charge is -2.24. The first kappa shape index (κ1) is 14.5. The molecule has 7 nitrogen and oxygen atoms in total. The Morgan fingerprint density at radius 1 is 1.60 bits per heavy atom. The van der Waals surface area contributed by atoms with Crippen LogP contribution in [0.2, 0.25) is 0 Å². The second-order valence-electron chi connectivity index (χ2n) is 5.32. The van der Waals surface area contributed by atoms with Crippen LogP contribution in [0.25, 0.3) is 0 Å². The lowest BCUT2D eigenvalue weighted by atomic mass is 10.2. The SMILES string of the molecule is CC(C)n1cc([N+](=O)[O-])cc1C(=O)N1CCCC1CO. The molecule has 0 saturated carbocycles. The molecule has 1 aromatic rings. The minimum absolute atomic E-state index is 0.0437. The van der Waals surface area contributed by atoms with Crippen molar-refractivity contribution in [2.45, 2.75) is 38.8 Å². The molecule has 1 aliphatic rings. The summed E-state index contributed by atoms with van der Waals surface area (Å²) in [6.07, 6.45) is 3.01. The molecule has 1 N–H and O–H groups in total. The zero-order valence-corrected chi connectivity index (χ0v) is 11.7. The minimum Gasteiger partial charge on any atom is -0.394 e. The zero-order chi connectivity index (χ0) is 14.9. The smallest absolute Gasteiger partial charge is 0.287 e. The predicted molar refractivity (Wildman–Crippen MR) is 72.6 cm³/mol. The van der Waals surface area contributed by atoms with E-state index >= 15 is 0 Å². The third kappa shape index (κ3) is 2.53. The fourth-order valence-corrected chi connectivity index (χ4v) is 2.60. The van der Waals surface area contributed by atoms with E-state index in [0.29, 0.717) is 12.2 Å². The number of aliphatic hydroxyl groups is 1. The van der Waals surface area contributed by atoms with Crippen molar-refractivity contribution in [2.24, 2.45) is 0 Å². The Labute approximate surface area is 116 Å². The number of rotatable bonds is 4. The number of amides is 1. The molecule has 1 atom stereocenters. The van der Waals surface area contributed by atoms with Crippen molar-refractivity contribution in [2.75, 3.05) is 13.2 Å². The van der Waals surface area contributed by atoms with E-state index in [9.17, 15) is 20.0 Å². The zero-order valence-electron chi connectivity index (χ0n) is 11.7. The summed E-state index contributed by atoms with van der Waals surface area (Å²) >= 11 is 0. The fraction of sp³-hybridized carbons (Fsp3) is 0.615. The first-order valence-corrected chi connectivity index (χ1v) is 6.73. The third-order valence-electron chi connectivity index (χ3n) is 3.67. The number of aliphatic hydroxyl groups excluding tert-OH is 1. The summed E-state index contributed by atoms with van der Waals surface area (Å²) in [4.78, 5) is 24.5. The fourth-order valence-electron chi connectivity index (χ4n) is 2.60. The summed E-state index contributed by atoms with van der Waals surface area (Å²) < 4.78 is 1.62. The van der Waals surface area contributed by atoms with Gasteiger partial charge in [0, 0.05) is 18.7 Å². The molecule has 7 heteroatoms. The van der Waals surface area contributed by atoms with E-state index in [1.807, 2.05) is 13.8 Å². The largest absolute Gasteiger partial charge is 0.394 e. The molecule has 0 aromatic carbocycles. The Kier molecular flexibility index (Phi) is 4.08. The first-order valence-electron chi connectivity index (χ1n) is 6.73. The minimum atomic E-state index is -0.497. The maximum Gasteiger partial charge on any atom is 0.287 e. The van der Waals surface area contributed by atoms with Crippen LogP contribution in [0.15, 0.2) is 12.3 Å². The van der Waals surface area contributed by atoms with Crippen LogP contribution in [0.1, 0.15) is 43.2 Å². The number of carbonyl (C=O) groups excluding carboxylic acids is 1. The van der Waals surface area contributed by atoms with Gasteiger partial charge in [-0.2, -0.15) is 0 Å². The average Bonchev–Trinajstić information content (AvgIpc) is 3.04. The molecule has 2 heterocycles. The van der Waals surface area contributed by atoms with Crippen LogP contribution in [-0.2, 0) is 0 Å². The van der Waals surface area contributed by atoms with Gasteiger partial charge in [0.25, 0.3) is 11.6 Å². The molecule has 20 heavy (non-hydrogen) atoms. The Balaban J connectivity index is 2.35. The van der Waals surface area contributed by atoms with E-state index in [0.717, 1.165) is 12.8 Å². The van der Waals surface area contributed by atoms with Gasteiger partial charge in [0.1, 0.15) is 5.69 Å². The van der Waals surface area contributed by atoms with Crippen LogP contribution in [0, 0.1) is 10.1 Å². The number of hydrogen-bond donors (Lipinski definition) is 1. The normalized spacial score (nSPS) is 18.8. The van der Waals surface area contributed by atoms with Crippen LogP contribution in [0.4, 0.5) is 5.69 Å². The summed E-state index contributed by atoms with van der Waals surface area (Å²) in [5.74, 6) is -0.247. The summed E-state index contributed by atoms with van der Waals surface area (Å²) in [7, 11) is 0. The monoisotopic (exact) mass is 281 g/mol. The number of carbonyl (C=O) groups is 1. The van der Waals surface area contributed by atoms with E-state index in [2.05, 4.69) is 0 Å². The highest BCUT2D eigenvalue weighted by Crippen LogP contribution is 2.25. The maximum atomic E-state index is 12.5. The molecule has 2 rings (SSSR count). The van der Waals surface area contributed by atoms with E-state index in [4.69, 9.17) is 0 Å². The van der Waals surface area contributed by atoms with Crippen LogP contribution >= 0.6 is 0 Å². The van der Waals surface area contributed by atoms with Crippen LogP contribution in [0.3, 0.4) is 0 Å². The van der Waals surface area contributed by atoms with Crippen molar-refractivity contribution < 1.29 is 14.8 Å². The van der Waals surface area contributed by atoms with Gasteiger partial charge in [0.15, 0.2) is 0 Å². The molecule has 0 radical (unpaired) electrons. The van der Waals surface area contributed by atoms with Gasteiger partial charge in [-0.3, -0.25) is 14.9 Å². The van der Waals surface area contributed by atoms with Gasteiger partial charge in [0.05, 0.1) is 23.8 Å². The van der Waals surface area contributed by atoms with Gasteiger partial charge >= 0.3 is 0 Å². The molecule has 0 spiro atoms. The van der Waals surface area contributed by atoms with Crippen molar-refractivity contribution in [3.8, 4) is 0 Å². The highest BCUT2D eigenvalue weighted by Gasteiger charge is 2.32. The Morgan fingerprint density at radius 3 is 2.85 bits per heavy atom. The van der Waals surface area contributed by atoms with Gasteiger partial charge in [-0.05, 0) is 26.7 Å². The second kappa shape index (κ2) is 5.62. The average molecular weight is 281 g/mol. The number of nitrogens with zero attached hydrogens (tertiary/aromatic N) is 3. The summed E-state index contributed by atoms with van der Waals surface area (Å²) in [5, 5.41) is 20.2. The van der Waals surface area contributed by atoms with Crippen molar-refractivity contribution in [1.29, 1.82) is 0 Å². The molecule has 0 aliphatic carbocycles. The second-order valence-corrected chi connectivity index (χ2v) is 5.32. The molecule has 1 aromatic heterocycles. The van der Waals surface area contributed by atoms with Crippen molar-refractivity contribution in [1.82, 2.24) is 9.47 Å². The van der Waals surface area contributed by atoms with Crippen LogP contribution in [0.5, 0.6) is 0 Å². The van der Waals surface area contributed by atoms with Gasteiger partial charge in [-0.25, -0.2) is 0 Å². The Bertz CT molecular complexity index is 524. The molecule has 1 aliphatic heterocycles. The van der Waals surface area contributed by atoms with Crippen LogP contribution in [-0.4, -0.2) is 44.6 Å². The number of hydrogen-bond acceptors (Lipinski definition) is 4. The lowest BCUT2D eigenvalue weighted by molar-refractivity contribution is -0.384.